The number of carbonyl (C=O) groups excluding carboxylic acids is 1. The van der Waals surface area contributed by atoms with Gasteiger partial charge in [-0.05, 0) is 11.5 Å². The first-order valence-corrected chi connectivity index (χ1v) is 5.87. The van der Waals surface area contributed by atoms with Crippen molar-refractivity contribution in [3.05, 3.63) is 42.0 Å². The standard InChI is InChI=1S/C16H14O3/c1-18-15-11-10-12-6-3-4-7-13(12)14(15)8-5-9-16(17)19-2/h3-4,6-7,10-11H,9H2,1-2H3. The molecule has 0 fully saturated rings. The van der Waals surface area contributed by atoms with Gasteiger partial charge in [-0.3, -0.25) is 4.79 Å². The number of carbonyl (C=O) groups is 1. The molecule has 2 aromatic rings. The first-order chi connectivity index (χ1) is 9.26. The predicted octanol–water partition coefficient (Wildman–Crippen LogP) is 2.76. The van der Waals surface area contributed by atoms with Gasteiger partial charge in [0.05, 0.1) is 19.8 Å². The highest BCUT2D eigenvalue weighted by atomic mass is 16.5. The lowest BCUT2D eigenvalue weighted by atomic mass is 10.0. The predicted molar refractivity (Wildman–Crippen MR) is 74.0 cm³/mol. The molecule has 0 bridgehead atoms. The third-order valence-electron chi connectivity index (χ3n) is 2.78. The molecule has 0 heterocycles. The highest BCUT2D eigenvalue weighted by Crippen LogP contribution is 2.26. The van der Waals surface area contributed by atoms with Crippen LogP contribution in [0.25, 0.3) is 10.8 Å². The molecule has 3 nitrogen and oxygen atoms in total. The minimum Gasteiger partial charge on any atom is -0.495 e. The second-order valence-electron chi connectivity index (χ2n) is 3.92. The van der Waals surface area contributed by atoms with Crippen molar-refractivity contribution in [2.75, 3.05) is 14.2 Å². The van der Waals surface area contributed by atoms with Crippen molar-refractivity contribution in [1.29, 1.82) is 0 Å². The van der Waals surface area contributed by atoms with Gasteiger partial charge in [0.15, 0.2) is 0 Å². The summed E-state index contributed by atoms with van der Waals surface area (Å²) in [7, 11) is 2.96. The zero-order valence-corrected chi connectivity index (χ0v) is 10.9. The number of benzene rings is 2. The highest BCUT2D eigenvalue weighted by molar-refractivity contribution is 5.90. The summed E-state index contributed by atoms with van der Waals surface area (Å²) in [4.78, 5) is 11.1. The fraction of sp³-hybridized carbons (Fsp3) is 0.188. The second kappa shape index (κ2) is 5.92. The van der Waals surface area contributed by atoms with E-state index in [0.717, 1.165) is 16.3 Å². The molecule has 0 aliphatic carbocycles. The normalized spacial score (nSPS) is 9.58. The maximum Gasteiger partial charge on any atom is 0.317 e. The Hall–Kier alpha value is -2.47. The zero-order chi connectivity index (χ0) is 13.7. The summed E-state index contributed by atoms with van der Waals surface area (Å²) in [6, 6.07) is 11.8. The van der Waals surface area contributed by atoms with E-state index >= 15 is 0 Å². The van der Waals surface area contributed by atoms with Crippen molar-refractivity contribution in [2.24, 2.45) is 0 Å². The van der Waals surface area contributed by atoms with Gasteiger partial charge in [-0.2, -0.15) is 0 Å². The van der Waals surface area contributed by atoms with Gasteiger partial charge >= 0.3 is 5.97 Å². The number of hydrogen-bond donors (Lipinski definition) is 0. The molecule has 19 heavy (non-hydrogen) atoms. The first kappa shape index (κ1) is 13.0. The van der Waals surface area contributed by atoms with Crippen LogP contribution in [-0.2, 0) is 9.53 Å². The fourth-order valence-corrected chi connectivity index (χ4v) is 1.83. The monoisotopic (exact) mass is 254 g/mol. The molecule has 0 aromatic heterocycles. The Morgan fingerprint density at radius 2 is 1.95 bits per heavy atom. The van der Waals surface area contributed by atoms with Crippen LogP contribution in [0.5, 0.6) is 5.75 Å². The quantitative estimate of drug-likeness (QED) is 0.610. The van der Waals surface area contributed by atoms with E-state index in [-0.39, 0.29) is 12.4 Å². The van der Waals surface area contributed by atoms with Crippen molar-refractivity contribution >= 4 is 16.7 Å². The molecule has 0 aliphatic rings. The topological polar surface area (TPSA) is 35.5 Å². The molecule has 2 rings (SSSR count). The number of rotatable bonds is 2. The second-order valence-corrected chi connectivity index (χ2v) is 3.92. The van der Waals surface area contributed by atoms with Crippen LogP contribution in [0.3, 0.4) is 0 Å². The summed E-state index contributed by atoms with van der Waals surface area (Å²) < 4.78 is 9.88. The van der Waals surface area contributed by atoms with E-state index in [1.807, 2.05) is 36.4 Å². The summed E-state index contributed by atoms with van der Waals surface area (Å²) in [5.74, 6) is 6.17. The average molecular weight is 254 g/mol. The number of esters is 1. The Labute approximate surface area is 112 Å². The lowest BCUT2D eigenvalue weighted by molar-refractivity contribution is -0.139. The van der Waals surface area contributed by atoms with E-state index < -0.39 is 0 Å². The molecule has 0 amide bonds. The first-order valence-electron chi connectivity index (χ1n) is 5.87. The zero-order valence-electron chi connectivity index (χ0n) is 10.9. The highest BCUT2D eigenvalue weighted by Gasteiger charge is 2.05. The van der Waals surface area contributed by atoms with E-state index in [9.17, 15) is 4.79 Å². The number of methoxy groups -OCH3 is 2. The van der Waals surface area contributed by atoms with Crippen LogP contribution >= 0.6 is 0 Å². The van der Waals surface area contributed by atoms with Crippen molar-refractivity contribution in [3.63, 3.8) is 0 Å². The smallest absolute Gasteiger partial charge is 0.317 e. The maximum atomic E-state index is 11.1. The van der Waals surface area contributed by atoms with Crippen LogP contribution in [0.4, 0.5) is 0 Å². The third-order valence-corrected chi connectivity index (χ3v) is 2.78. The van der Waals surface area contributed by atoms with Crippen LogP contribution in [0.1, 0.15) is 12.0 Å². The summed E-state index contributed by atoms with van der Waals surface area (Å²) in [6.07, 6.45) is 0.0723. The fourth-order valence-electron chi connectivity index (χ4n) is 1.83. The molecule has 0 aliphatic heterocycles. The molecule has 0 N–H and O–H groups in total. The van der Waals surface area contributed by atoms with Crippen molar-refractivity contribution in [3.8, 4) is 17.6 Å². The van der Waals surface area contributed by atoms with Crippen LogP contribution in [0.15, 0.2) is 36.4 Å². The summed E-state index contributed by atoms with van der Waals surface area (Å²) in [5, 5.41) is 2.10. The van der Waals surface area contributed by atoms with Crippen LogP contribution in [0, 0.1) is 11.8 Å². The molecule has 0 saturated heterocycles. The van der Waals surface area contributed by atoms with Gasteiger partial charge in [0.2, 0.25) is 0 Å². The molecular weight excluding hydrogens is 240 g/mol. The van der Waals surface area contributed by atoms with Gasteiger partial charge in [0, 0.05) is 5.39 Å². The van der Waals surface area contributed by atoms with Gasteiger partial charge in [-0.1, -0.05) is 42.2 Å². The van der Waals surface area contributed by atoms with Gasteiger partial charge in [0.25, 0.3) is 0 Å². The Balaban J connectivity index is 2.47. The van der Waals surface area contributed by atoms with E-state index in [1.165, 1.54) is 7.11 Å². The minimum absolute atomic E-state index is 0.0723. The van der Waals surface area contributed by atoms with Crippen LogP contribution in [-0.4, -0.2) is 20.2 Å². The Morgan fingerprint density at radius 3 is 2.68 bits per heavy atom. The molecule has 0 atom stereocenters. The van der Waals surface area contributed by atoms with Gasteiger partial charge < -0.3 is 9.47 Å². The summed E-state index contributed by atoms with van der Waals surface area (Å²) >= 11 is 0. The third kappa shape index (κ3) is 2.86. The van der Waals surface area contributed by atoms with E-state index in [2.05, 4.69) is 16.6 Å². The van der Waals surface area contributed by atoms with E-state index in [1.54, 1.807) is 7.11 Å². The van der Waals surface area contributed by atoms with Gasteiger partial charge in [0.1, 0.15) is 12.2 Å². The SMILES string of the molecule is COC(=O)CC#Cc1c(OC)ccc2ccccc12. The van der Waals surface area contributed by atoms with Crippen molar-refractivity contribution in [2.45, 2.75) is 6.42 Å². The summed E-state index contributed by atoms with van der Waals surface area (Å²) in [5.41, 5.74) is 0.796. The average Bonchev–Trinajstić information content (AvgIpc) is 2.47. The molecule has 3 heteroatoms. The molecule has 96 valence electrons. The van der Waals surface area contributed by atoms with Crippen molar-refractivity contribution < 1.29 is 14.3 Å². The van der Waals surface area contributed by atoms with E-state index in [4.69, 9.17) is 4.74 Å². The molecule has 0 radical (unpaired) electrons. The molecular formula is C16H14O3. The van der Waals surface area contributed by atoms with E-state index in [0.29, 0.717) is 5.75 Å². The molecule has 0 unspecified atom stereocenters. The number of fused-ring (bicyclic) bond motifs is 1. The molecule has 2 aromatic carbocycles. The number of ether oxygens (including phenoxy) is 2. The van der Waals surface area contributed by atoms with Crippen LogP contribution < -0.4 is 4.74 Å². The summed E-state index contributed by atoms with van der Waals surface area (Å²) in [6.45, 7) is 0. The van der Waals surface area contributed by atoms with Gasteiger partial charge in [-0.15, -0.1) is 0 Å². The minimum atomic E-state index is -0.341. The number of hydrogen-bond acceptors (Lipinski definition) is 3. The Morgan fingerprint density at radius 1 is 1.16 bits per heavy atom. The van der Waals surface area contributed by atoms with Crippen molar-refractivity contribution in [1.82, 2.24) is 0 Å². The Bertz CT molecular complexity index is 662. The lowest BCUT2D eigenvalue weighted by Gasteiger charge is -2.06. The lowest BCUT2D eigenvalue weighted by Crippen LogP contribution is -1.97. The van der Waals surface area contributed by atoms with Gasteiger partial charge in [-0.25, -0.2) is 0 Å². The Kier molecular flexibility index (Phi) is 4.04. The van der Waals surface area contributed by atoms with Crippen LogP contribution in [0.2, 0.25) is 0 Å². The maximum absolute atomic E-state index is 11.1. The largest absolute Gasteiger partial charge is 0.495 e. The molecule has 0 spiro atoms. The molecule has 0 saturated carbocycles.